The van der Waals surface area contributed by atoms with Gasteiger partial charge in [0.05, 0.1) is 22.9 Å². The Morgan fingerprint density at radius 2 is 1.70 bits per heavy atom. The molecule has 100 valence electrons. The average molecular weight is 329 g/mol. The van der Waals surface area contributed by atoms with E-state index in [9.17, 15) is 5.11 Å². The highest BCUT2D eigenvalue weighted by Crippen LogP contribution is 2.23. The van der Waals surface area contributed by atoms with Gasteiger partial charge in [0.25, 0.3) is 0 Å². The summed E-state index contributed by atoms with van der Waals surface area (Å²) in [6, 6.07) is 15.5. The zero-order chi connectivity index (χ0) is 13.9. The summed E-state index contributed by atoms with van der Waals surface area (Å²) >= 11 is 3.49. The molecule has 1 unspecified atom stereocenters. The number of rotatable bonds is 3. The standard InChI is InChI=1S/C16H13BrN2O/c17-12-6-2-1-5-11(12)9-16(20)15-10-18-13-7-3-4-8-14(13)19-15/h1-8,10,16,20H,9H2. The van der Waals surface area contributed by atoms with Crippen molar-refractivity contribution in [2.24, 2.45) is 0 Å². The summed E-state index contributed by atoms with van der Waals surface area (Å²) < 4.78 is 0.993. The first-order valence-corrected chi connectivity index (χ1v) is 7.16. The van der Waals surface area contributed by atoms with Gasteiger partial charge in [0, 0.05) is 10.9 Å². The number of aliphatic hydroxyl groups excluding tert-OH is 1. The Morgan fingerprint density at radius 3 is 2.50 bits per heavy atom. The van der Waals surface area contributed by atoms with E-state index in [1.807, 2.05) is 48.5 Å². The summed E-state index contributed by atoms with van der Waals surface area (Å²) in [5.41, 5.74) is 3.29. The molecular formula is C16H13BrN2O. The number of para-hydroxylation sites is 2. The SMILES string of the molecule is OC(Cc1ccccc1Br)c1cnc2ccccc2n1. The Labute approximate surface area is 125 Å². The molecule has 1 heterocycles. The molecule has 0 radical (unpaired) electrons. The zero-order valence-electron chi connectivity index (χ0n) is 10.7. The molecule has 0 bridgehead atoms. The minimum atomic E-state index is -0.661. The van der Waals surface area contributed by atoms with Crippen LogP contribution in [-0.2, 0) is 6.42 Å². The zero-order valence-corrected chi connectivity index (χ0v) is 12.3. The van der Waals surface area contributed by atoms with Gasteiger partial charge < -0.3 is 5.11 Å². The predicted molar refractivity (Wildman–Crippen MR) is 82.3 cm³/mol. The normalized spacial score (nSPS) is 12.5. The van der Waals surface area contributed by atoms with Crippen LogP contribution in [0.1, 0.15) is 17.4 Å². The first-order chi connectivity index (χ1) is 9.74. The van der Waals surface area contributed by atoms with Gasteiger partial charge in [-0.15, -0.1) is 0 Å². The van der Waals surface area contributed by atoms with E-state index in [1.165, 1.54) is 0 Å². The van der Waals surface area contributed by atoms with Crippen LogP contribution in [0.5, 0.6) is 0 Å². The monoisotopic (exact) mass is 328 g/mol. The van der Waals surface area contributed by atoms with E-state index < -0.39 is 6.10 Å². The van der Waals surface area contributed by atoms with Crippen LogP contribution in [0.3, 0.4) is 0 Å². The molecule has 3 aromatic rings. The molecule has 2 aromatic carbocycles. The Bertz CT molecular complexity index is 745. The fraction of sp³-hybridized carbons (Fsp3) is 0.125. The van der Waals surface area contributed by atoms with Crippen molar-refractivity contribution >= 4 is 27.0 Å². The van der Waals surface area contributed by atoms with Gasteiger partial charge in [-0.2, -0.15) is 0 Å². The quantitative estimate of drug-likeness (QED) is 0.797. The van der Waals surface area contributed by atoms with Crippen molar-refractivity contribution in [3.8, 4) is 0 Å². The smallest absolute Gasteiger partial charge is 0.102 e. The third-order valence-electron chi connectivity index (χ3n) is 3.18. The molecule has 0 aliphatic heterocycles. The summed E-state index contributed by atoms with van der Waals surface area (Å²) in [5.74, 6) is 0. The lowest BCUT2D eigenvalue weighted by Crippen LogP contribution is -2.05. The van der Waals surface area contributed by atoms with E-state index in [1.54, 1.807) is 6.20 Å². The minimum Gasteiger partial charge on any atom is -0.386 e. The fourth-order valence-corrected chi connectivity index (χ4v) is 2.56. The molecule has 0 spiro atoms. The van der Waals surface area contributed by atoms with Gasteiger partial charge in [-0.3, -0.25) is 4.98 Å². The Hall–Kier alpha value is -1.78. The molecule has 0 saturated heterocycles. The third-order valence-corrected chi connectivity index (χ3v) is 3.95. The Balaban J connectivity index is 1.89. The van der Waals surface area contributed by atoms with Gasteiger partial charge in [-0.25, -0.2) is 4.98 Å². The highest BCUT2D eigenvalue weighted by atomic mass is 79.9. The molecule has 1 N–H and O–H groups in total. The molecule has 3 rings (SSSR count). The van der Waals surface area contributed by atoms with Crippen molar-refractivity contribution in [2.45, 2.75) is 12.5 Å². The Kier molecular flexibility index (Phi) is 3.76. The number of hydrogen-bond donors (Lipinski definition) is 1. The first kappa shape index (κ1) is 13.2. The molecule has 0 fully saturated rings. The maximum atomic E-state index is 10.3. The second-order valence-electron chi connectivity index (χ2n) is 4.59. The van der Waals surface area contributed by atoms with Crippen molar-refractivity contribution in [1.29, 1.82) is 0 Å². The summed E-state index contributed by atoms with van der Waals surface area (Å²) in [4.78, 5) is 8.81. The van der Waals surface area contributed by atoms with E-state index in [4.69, 9.17) is 0 Å². The molecule has 0 aliphatic rings. The number of fused-ring (bicyclic) bond motifs is 1. The van der Waals surface area contributed by atoms with E-state index in [2.05, 4.69) is 25.9 Å². The van der Waals surface area contributed by atoms with Crippen LogP contribution in [0.2, 0.25) is 0 Å². The van der Waals surface area contributed by atoms with Crippen molar-refractivity contribution in [3.05, 3.63) is 70.5 Å². The second kappa shape index (κ2) is 5.69. The number of aliphatic hydroxyl groups is 1. The van der Waals surface area contributed by atoms with Gasteiger partial charge in [-0.05, 0) is 23.8 Å². The van der Waals surface area contributed by atoms with E-state index in [0.717, 1.165) is 21.1 Å². The maximum absolute atomic E-state index is 10.3. The topological polar surface area (TPSA) is 46.0 Å². The van der Waals surface area contributed by atoms with Crippen LogP contribution in [0.15, 0.2) is 59.2 Å². The van der Waals surface area contributed by atoms with Gasteiger partial charge >= 0.3 is 0 Å². The fourth-order valence-electron chi connectivity index (χ4n) is 2.11. The maximum Gasteiger partial charge on any atom is 0.102 e. The van der Waals surface area contributed by atoms with Crippen LogP contribution >= 0.6 is 15.9 Å². The molecule has 0 amide bonds. The number of aromatic nitrogens is 2. The number of halogens is 1. The van der Waals surface area contributed by atoms with Crippen LogP contribution in [0.4, 0.5) is 0 Å². The number of benzene rings is 2. The van der Waals surface area contributed by atoms with Gasteiger partial charge in [0.2, 0.25) is 0 Å². The second-order valence-corrected chi connectivity index (χ2v) is 5.45. The lowest BCUT2D eigenvalue weighted by atomic mass is 10.1. The van der Waals surface area contributed by atoms with Gasteiger partial charge in [0.15, 0.2) is 0 Å². The van der Waals surface area contributed by atoms with Crippen molar-refractivity contribution in [1.82, 2.24) is 9.97 Å². The summed E-state index contributed by atoms with van der Waals surface area (Å²) in [6.07, 6.45) is 1.49. The molecule has 20 heavy (non-hydrogen) atoms. The lowest BCUT2D eigenvalue weighted by Gasteiger charge is -2.11. The average Bonchev–Trinajstić information content (AvgIpc) is 2.49. The van der Waals surface area contributed by atoms with Crippen LogP contribution in [0.25, 0.3) is 11.0 Å². The van der Waals surface area contributed by atoms with Crippen LogP contribution in [0, 0.1) is 0 Å². The molecule has 3 nitrogen and oxygen atoms in total. The molecule has 4 heteroatoms. The van der Waals surface area contributed by atoms with Gasteiger partial charge in [-0.1, -0.05) is 46.3 Å². The van der Waals surface area contributed by atoms with Crippen molar-refractivity contribution in [3.63, 3.8) is 0 Å². The van der Waals surface area contributed by atoms with E-state index >= 15 is 0 Å². The summed E-state index contributed by atoms with van der Waals surface area (Å²) in [6.45, 7) is 0. The minimum absolute atomic E-state index is 0.508. The number of nitrogens with zero attached hydrogens (tertiary/aromatic N) is 2. The molecule has 1 aromatic heterocycles. The predicted octanol–water partition coefficient (Wildman–Crippen LogP) is 3.67. The van der Waals surface area contributed by atoms with Gasteiger partial charge in [0.1, 0.15) is 6.10 Å². The van der Waals surface area contributed by atoms with E-state index in [-0.39, 0.29) is 0 Å². The van der Waals surface area contributed by atoms with E-state index in [0.29, 0.717) is 12.1 Å². The largest absolute Gasteiger partial charge is 0.386 e. The van der Waals surface area contributed by atoms with Crippen molar-refractivity contribution in [2.75, 3.05) is 0 Å². The highest BCUT2D eigenvalue weighted by molar-refractivity contribution is 9.10. The van der Waals surface area contributed by atoms with Crippen LogP contribution < -0.4 is 0 Å². The first-order valence-electron chi connectivity index (χ1n) is 6.37. The Morgan fingerprint density at radius 1 is 1.00 bits per heavy atom. The third kappa shape index (κ3) is 2.71. The molecule has 0 aliphatic carbocycles. The molecule has 1 atom stereocenters. The molecule has 0 saturated carbocycles. The van der Waals surface area contributed by atoms with Crippen LogP contribution in [-0.4, -0.2) is 15.1 Å². The summed E-state index contributed by atoms with van der Waals surface area (Å²) in [5, 5.41) is 10.3. The number of hydrogen-bond acceptors (Lipinski definition) is 3. The molecular weight excluding hydrogens is 316 g/mol. The van der Waals surface area contributed by atoms with Crippen molar-refractivity contribution < 1.29 is 5.11 Å². The lowest BCUT2D eigenvalue weighted by molar-refractivity contribution is 0.173. The highest BCUT2D eigenvalue weighted by Gasteiger charge is 2.13. The summed E-state index contributed by atoms with van der Waals surface area (Å²) in [7, 11) is 0.